The quantitative estimate of drug-likeness (QED) is 0.536. The van der Waals surface area contributed by atoms with E-state index in [1.807, 2.05) is 25.1 Å². The zero-order chi connectivity index (χ0) is 17.6. The molecular formula is C18H17BrN4O2. The first-order valence-corrected chi connectivity index (χ1v) is 8.61. The minimum absolute atomic E-state index is 0.706. The number of halogens is 1. The first-order valence-electron chi connectivity index (χ1n) is 7.82. The van der Waals surface area contributed by atoms with Gasteiger partial charge in [-0.25, -0.2) is 4.98 Å². The van der Waals surface area contributed by atoms with Crippen molar-refractivity contribution in [2.75, 3.05) is 19.5 Å². The van der Waals surface area contributed by atoms with Crippen molar-refractivity contribution in [3.05, 3.63) is 45.6 Å². The monoisotopic (exact) mass is 400 g/mol. The van der Waals surface area contributed by atoms with E-state index in [-0.39, 0.29) is 0 Å². The van der Waals surface area contributed by atoms with Crippen LogP contribution in [-0.4, -0.2) is 29.4 Å². The van der Waals surface area contributed by atoms with Crippen LogP contribution in [-0.2, 0) is 6.42 Å². The first-order chi connectivity index (χ1) is 12.1. The third kappa shape index (κ3) is 2.64. The van der Waals surface area contributed by atoms with Gasteiger partial charge in [0.25, 0.3) is 0 Å². The molecule has 0 amide bonds. The van der Waals surface area contributed by atoms with E-state index in [4.69, 9.17) is 9.47 Å². The second-order valence-electron chi connectivity index (χ2n) is 5.91. The molecule has 128 valence electrons. The molecule has 0 bridgehead atoms. The molecule has 0 atom stereocenters. The Labute approximate surface area is 153 Å². The van der Waals surface area contributed by atoms with E-state index in [0.717, 1.165) is 50.7 Å². The summed E-state index contributed by atoms with van der Waals surface area (Å²) in [4.78, 5) is 4.44. The molecule has 1 aromatic carbocycles. The molecule has 1 aliphatic carbocycles. The lowest BCUT2D eigenvalue weighted by Crippen LogP contribution is -1.99. The largest absolute Gasteiger partial charge is 0.493 e. The Hall–Kier alpha value is -2.54. The van der Waals surface area contributed by atoms with Gasteiger partial charge < -0.3 is 14.8 Å². The summed E-state index contributed by atoms with van der Waals surface area (Å²) in [6, 6.07) is 6.02. The highest BCUT2D eigenvalue weighted by molar-refractivity contribution is 9.10. The SMILES string of the molecule is COc1cc2c(cc1OC)-c1n[nH]c(Nc3ncc(Br)cc3C)c1C2. The zero-order valence-corrected chi connectivity index (χ0v) is 15.7. The molecule has 0 saturated carbocycles. The standard InChI is InChI=1S/C18H17BrN4O2/c1-9-4-11(19)8-20-17(9)21-18-13-5-10-6-14(24-2)15(25-3)7-12(10)16(13)22-23-18/h4,6-8H,5H2,1-3H3,(H2,20,21,22,23). The number of fused-ring (bicyclic) bond motifs is 3. The van der Waals surface area contributed by atoms with Gasteiger partial charge in [-0.05, 0) is 52.2 Å². The van der Waals surface area contributed by atoms with Crippen LogP contribution < -0.4 is 14.8 Å². The molecule has 0 saturated heterocycles. The normalized spacial score (nSPS) is 11.8. The number of H-pyrrole nitrogens is 1. The van der Waals surface area contributed by atoms with E-state index in [9.17, 15) is 0 Å². The van der Waals surface area contributed by atoms with Crippen molar-refractivity contribution < 1.29 is 9.47 Å². The highest BCUT2D eigenvalue weighted by Crippen LogP contribution is 2.44. The van der Waals surface area contributed by atoms with Gasteiger partial charge in [-0.1, -0.05) is 0 Å². The van der Waals surface area contributed by atoms with Gasteiger partial charge in [0.05, 0.1) is 19.9 Å². The van der Waals surface area contributed by atoms with Crippen molar-refractivity contribution in [1.82, 2.24) is 15.2 Å². The fourth-order valence-corrected chi connectivity index (χ4v) is 3.58. The predicted molar refractivity (Wildman–Crippen MR) is 99.9 cm³/mol. The summed E-state index contributed by atoms with van der Waals surface area (Å²) in [7, 11) is 3.28. The summed E-state index contributed by atoms with van der Waals surface area (Å²) in [6.07, 6.45) is 2.55. The lowest BCUT2D eigenvalue weighted by atomic mass is 10.1. The highest BCUT2D eigenvalue weighted by Gasteiger charge is 2.27. The second kappa shape index (κ2) is 6.07. The fraction of sp³-hybridized carbons (Fsp3) is 0.222. The molecule has 2 N–H and O–H groups in total. The number of benzene rings is 1. The molecule has 0 fully saturated rings. The van der Waals surface area contributed by atoms with Gasteiger partial charge in [-0.3, -0.25) is 5.10 Å². The van der Waals surface area contributed by atoms with Crippen LogP contribution in [0.5, 0.6) is 11.5 Å². The molecule has 1 aliphatic rings. The molecule has 2 aromatic heterocycles. The summed E-state index contributed by atoms with van der Waals surface area (Å²) >= 11 is 3.44. The maximum Gasteiger partial charge on any atom is 0.161 e. The number of nitrogens with one attached hydrogen (secondary N) is 2. The van der Waals surface area contributed by atoms with Crippen molar-refractivity contribution in [1.29, 1.82) is 0 Å². The minimum atomic E-state index is 0.706. The zero-order valence-electron chi connectivity index (χ0n) is 14.1. The topological polar surface area (TPSA) is 72.1 Å². The van der Waals surface area contributed by atoms with E-state index < -0.39 is 0 Å². The first kappa shape index (κ1) is 16.0. The highest BCUT2D eigenvalue weighted by atomic mass is 79.9. The Morgan fingerprint density at radius 3 is 2.64 bits per heavy atom. The van der Waals surface area contributed by atoms with E-state index in [1.54, 1.807) is 20.4 Å². The second-order valence-corrected chi connectivity index (χ2v) is 6.83. The Kier molecular flexibility index (Phi) is 3.88. The Morgan fingerprint density at radius 1 is 1.16 bits per heavy atom. The number of methoxy groups -OCH3 is 2. The van der Waals surface area contributed by atoms with E-state index >= 15 is 0 Å². The molecule has 0 aliphatic heterocycles. The molecule has 0 radical (unpaired) electrons. The van der Waals surface area contributed by atoms with Crippen LogP contribution >= 0.6 is 15.9 Å². The van der Waals surface area contributed by atoms with Gasteiger partial charge >= 0.3 is 0 Å². The van der Waals surface area contributed by atoms with Gasteiger partial charge in [0.15, 0.2) is 11.5 Å². The number of nitrogens with zero attached hydrogens (tertiary/aromatic N) is 2. The Balaban J connectivity index is 1.71. The minimum Gasteiger partial charge on any atom is -0.493 e. The third-order valence-electron chi connectivity index (χ3n) is 4.39. The van der Waals surface area contributed by atoms with Crippen LogP contribution in [0.4, 0.5) is 11.6 Å². The van der Waals surface area contributed by atoms with E-state index in [1.165, 1.54) is 5.56 Å². The molecule has 0 spiro atoms. The van der Waals surface area contributed by atoms with Crippen LogP contribution in [0.2, 0.25) is 0 Å². The summed E-state index contributed by atoms with van der Waals surface area (Å²) in [5, 5.41) is 10.9. The molecule has 4 rings (SSSR count). The van der Waals surface area contributed by atoms with Crippen molar-refractivity contribution in [3.63, 3.8) is 0 Å². The van der Waals surface area contributed by atoms with Gasteiger partial charge in [0.2, 0.25) is 0 Å². The summed E-state index contributed by atoms with van der Waals surface area (Å²) in [5.74, 6) is 3.11. The van der Waals surface area contributed by atoms with E-state index in [2.05, 4.69) is 36.4 Å². The third-order valence-corrected chi connectivity index (χ3v) is 4.82. The Morgan fingerprint density at radius 2 is 1.92 bits per heavy atom. The number of pyridine rings is 1. The summed E-state index contributed by atoms with van der Waals surface area (Å²) < 4.78 is 11.8. The van der Waals surface area contributed by atoms with Crippen LogP contribution in [0.15, 0.2) is 28.9 Å². The van der Waals surface area contributed by atoms with Crippen LogP contribution in [0.1, 0.15) is 16.7 Å². The number of aryl methyl sites for hydroxylation is 1. The average molecular weight is 401 g/mol. The van der Waals surface area contributed by atoms with Crippen LogP contribution in [0.25, 0.3) is 11.3 Å². The number of anilines is 2. The van der Waals surface area contributed by atoms with Gasteiger partial charge in [-0.2, -0.15) is 5.10 Å². The maximum atomic E-state index is 5.41. The van der Waals surface area contributed by atoms with Gasteiger partial charge in [0, 0.05) is 28.2 Å². The maximum absolute atomic E-state index is 5.41. The predicted octanol–water partition coefficient (Wildman–Crippen LogP) is 4.21. The van der Waals surface area contributed by atoms with Gasteiger partial charge in [-0.15, -0.1) is 0 Å². The molecule has 0 unspecified atom stereocenters. The number of ether oxygens (including phenoxy) is 2. The lowest BCUT2D eigenvalue weighted by molar-refractivity contribution is 0.355. The van der Waals surface area contributed by atoms with Crippen molar-refractivity contribution in [2.24, 2.45) is 0 Å². The Bertz CT molecular complexity index is 968. The number of rotatable bonds is 4. The lowest BCUT2D eigenvalue weighted by Gasteiger charge is -2.10. The van der Waals surface area contributed by atoms with Crippen LogP contribution in [0, 0.1) is 6.92 Å². The molecular weight excluding hydrogens is 384 g/mol. The van der Waals surface area contributed by atoms with Crippen molar-refractivity contribution in [2.45, 2.75) is 13.3 Å². The van der Waals surface area contributed by atoms with Crippen molar-refractivity contribution in [3.8, 4) is 22.8 Å². The van der Waals surface area contributed by atoms with E-state index in [0.29, 0.717) is 5.75 Å². The fourth-order valence-electron chi connectivity index (χ4n) is 3.13. The smallest absolute Gasteiger partial charge is 0.161 e. The summed E-state index contributed by atoms with van der Waals surface area (Å²) in [5.41, 5.74) is 5.35. The van der Waals surface area contributed by atoms with Crippen molar-refractivity contribution >= 4 is 27.6 Å². The molecule has 7 heteroatoms. The number of hydrogen-bond donors (Lipinski definition) is 2. The molecule has 25 heavy (non-hydrogen) atoms. The number of hydrogen-bond acceptors (Lipinski definition) is 5. The summed E-state index contributed by atoms with van der Waals surface area (Å²) in [6.45, 7) is 2.02. The average Bonchev–Trinajstić information content (AvgIpc) is 3.15. The number of aromatic nitrogens is 3. The molecule has 6 nitrogen and oxygen atoms in total. The van der Waals surface area contributed by atoms with Gasteiger partial charge in [0.1, 0.15) is 11.6 Å². The van der Waals surface area contributed by atoms with Crippen LogP contribution in [0.3, 0.4) is 0 Å². The number of aromatic amines is 1. The molecule has 3 aromatic rings. The molecule has 2 heterocycles.